The lowest BCUT2D eigenvalue weighted by molar-refractivity contribution is -0.385. The molecule has 0 aliphatic heterocycles. The number of halogens is 2. The number of nitro benzene ring substituents is 1. The van der Waals surface area contributed by atoms with Crippen LogP contribution in [-0.2, 0) is 0 Å². The number of hydrogen-bond acceptors (Lipinski definition) is 4. The summed E-state index contributed by atoms with van der Waals surface area (Å²) < 4.78 is 25.7. The summed E-state index contributed by atoms with van der Waals surface area (Å²) in [6, 6.07) is -0.534. The minimum atomic E-state index is -1.47. The molecule has 4 N–H and O–H groups in total. The molecule has 0 bridgehead atoms. The van der Waals surface area contributed by atoms with Crippen molar-refractivity contribution in [2.24, 2.45) is 5.73 Å². The second kappa shape index (κ2) is 5.03. The van der Waals surface area contributed by atoms with Gasteiger partial charge in [0, 0.05) is 0 Å². The molecule has 18 heavy (non-hydrogen) atoms. The number of nitro groups is 1. The smallest absolute Gasteiger partial charge is 0.330 e. The third-order valence-corrected chi connectivity index (χ3v) is 1.78. The topological polar surface area (TPSA) is 127 Å². The lowest BCUT2D eigenvalue weighted by Gasteiger charge is -2.05. The summed E-state index contributed by atoms with van der Waals surface area (Å²) in [6.45, 7) is 0. The Morgan fingerprint density at radius 3 is 2.28 bits per heavy atom. The van der Waals surface area contributed by atoms with Crippen molar-refractivity contribution in [3.8, 4) is 0 Å². The number of nitrogens with zero attached hydrogens (tertiary/aromatic N) is 1. The van der Waals surface area contributed by atoms with E-state index in [1.807, 2.05) is 0 Å². The molecule has 0 fully saturated rings. The van der Waals surface area contributed by atoms with E-state index < -0.39 is 39.7 Å². The van der Waals surface area contributed by atoms with Crippen LogP contribution in [0.4, 0.5) is 19.3 Å². The van der Waals surface area contributed by atoms with Crippen molar-refractivity contribution in [1.29, 1.82) is 0 Å². The molecule has 0 unspecified atom stereocenters. The molecule has 0 saturated carbocycles. The van der Waals surface area contributed by atoms with Crippen LogP contribution in [0.15, 0.2) is 12.1 Å². The monoisotopic (exact) mass is 260 g/mol. The molecule has 0 heterocycles. The number of carbonyl (C=O) groups excluding carboxylic acids is 2. The molecule has 0 atom stereocenters. The molecule has 8 nitrogen and oxygen atoms in total. The van der Waals surface area contributed by atoms with Crippen LogP contribution in [0.25, 0.3) is 0 Å². The van der Waals surface area contributed by atoms with E-state index in [1.165, 1.54) is 0 Å². The number of benzene rings is 1. The molecule has 0 saturated heterocycles. The Bertz CT molecular complexity index is 534. The van der Waals surface area contributed by atoms with Crippen molar-refractivity contribution >= 4 is 17.6 Å². The zero-order valence-corrected chi connectivity index (χ0v) is 8.57. The standard InChI is InChI=1S/C8H6F2N4O4/c9-4-1-3(7(15)12-13-8(11)16)6(14(17)18)2-5(4)10/h1-2H,(H,12,15)(H3,11,13,16). The third kappa shape index (κ3) is 2.87. The summed E-state index contributed by atoms with van der Waals surface area (Å²) in [4.78, 5) is 31.2. The second-order valence-electron chi connectivity index (χ2n) is 2.98. The predicted octanol–water partition coefficient (Wildman–Crippen LogP) is 0.186. The highest BCUT2D eigenvalue weighted by molar-refractivity contribution is 5.98. The van der Waals surface area contributed by atoms with E-state index in [2.05, 4.69) is 5.73 Å². The third-order valence-electron chi connectivity index (χ3n) is 1.78. The largest absolute Gasteiger partial charge is 0.350 e. The second-order valence-corrected chi connectivity index (χ2v) is 2.98. The quantitative estimate of drug-likeness (QED) is 0.517. The summed E-state index contributed by atoms with van der Waals surface area (Å²) in [5.74, 6) is -4.12. The fourth-order valence-corrected chi connectivity index (χ4v) is 1.05. The fraction of sp³-hybridized carbons (Fsp3) is 0. The average Bonchev–Trinajstić information content (AvgIpc) is 2.28. The van der Waals surface area contributed by atoms with Crippen molar-refractivity contribution in [1.82, 2.24) is 10.9 Å². The van der Waals surface area contributed by atoms with Gasteiger partial charge in [-0.25, -0.2) is 19.0 Å². The highest BCUT2D eigenvalue weighted by Crippen LogP contribution is 2.21. The van der Waals surface area contributed by atoms with E-state index in [-0.39, 0.29) is 6.07 Å². The highest BCUT2D eigenvalue weighted by atomic mass is 19.2. The number of hydrogen-bond donors (Lipinski definition) is 3. The van der Waals surface area contributed by atoms with Crippen LogP contribution in [0.2, 0.25) is 0 Å². The van der Waals surface area contributed by atoms with Gasteiger partial charge in [0.25, 0.3) is 11.6 Å². The molecule has 1 aromatic carbocycles. The Hall–Kier alpha value is -2.78. The number of urea groups is 1. The van der Waals surface area contributed by atoms with E-state index in [9.17, 15) is 28.5 Å². The van der Waals surface area contributed by atoms with Gasteiger partial charge < -0.3 is 5.73 Å². The van der Waals surface area contributed by atoms with E-state index in [1.54, 1.807) is 10.9 Å². The summed E-state index contributed by atoms with van der Waals surface area (Å²) in [5, 5.41) is 10.6. The minimum Gasteiger partial charge on any atom is -0.350 e. The van der Waals surface area contributed by atoms with Gasteiger partial charge in [-0.15, -0.1) is 0 Å². The first-order valence-corrected chi connectivity index (χ1v) is 4.32. The first-order chi connectivity index (χ1) is 8.32. The number of nitrogens with two attached hydrogens (primary N) is 1. The van der Waals surface area contributed by atoms with E-state index in [0.717, 1.165) is 0 Å². The lowest BCUT2D eigenvalue weighted by Crippen LogP contribution is -2.44. The van der Waals surface area contributed by atoms with Crippen LogP contribution < -0.4 is 16.6 Å². The normalized spacial score (nSPS) is 9.67. The Morgan fingerprint density at radius 2 is 1.78 bits per heavy atom. The molecule has 1 rings (SSSR count). The van der Waals surface area contributed by atoms with Gasteiger partial charge in [0.2, 0.25) is 0 Å². The number of hydrazine groups is 1. The number of rotatable bonds is 2. The Morgan fingerprint density at radius 1 is 1.22 bits per heavy atom. The minimum absolute atomic E-state index is 0.258. The molecule has 0 radical (unpaired) electrons. The predicted molar refractivity (Wildman–Crippen MR) is 53.2 cm³/mol. The Balaban J connectivity index is 3.13. The van der Waals surface area contributed by atoms with Gasteiger partial charge >= 0.3 is 6.03 Å². The van der Waals surface area contributed by atoms with Gasteiger partial charge in [0.15, 0.2) is 11.6 Å². The Kier molecular flexibility index (Phi) is 3.72. The molecule has 10 heteroatoms. The van der Waals surface area contributed by atoms with Gasteiger partial charge in [-0.3, -0.25) is 20.3 Å². The van der Waals surface area contributed by atoms with Gasteiger partial charge in [0.05, 0.1) is 11.0 Å². The molecule has 96 valence electrons. The zero-order chi connectivity index (χ0) is 13.9. The van der Waals surface area contributed by atoms with Gasteiger partial charge in [-0.05, 0) is 6.07 Å². The van der Waals surface area contributed by atoms with E-state index >= 15 is 0 Å². The highest BCUT2D eigenvalue weighted by Gasteiger charge is 2.23. The van der Waals surface area contributed by atoms with Crippen LogP contribution >= 0.6 is 0 Å². The molecule has 1 aromatic rings. The summed E-state index contributed by atoms with van der Waals surface area (Å²) in [5.41, 5.74) is 6.26. The molecule has 0 spiro atoms. The average molecular weight is 260 g/mol. The van der Waals surface area contributed by atoms with Gasteiger partial charge in [0.1, 0.15) is 5.56 Å². The first-order valence-electron chi connectivity index (χ1n) is 4.32. The van der Waals surface area contributed by atoms with E-state index in [0.29, 0.717) is 6.07 Å². The molecule has 0 aromatic heterocycles. The van der Waals surface area contributed by atoms with Crippen molar-refractivity contribution in [2.75, 3.05) is 0 Å². The van der Waals surface area contributed by atoms with Crippen LogP contribution in [-0.4, -0.2) is 16.9 Å². The summed E-state index contributed by atoms with van der Waals surface area (Å²) >= 11 is 0. The SMILES string of the molecule is NC(=O)NNC(=O)c1cc(F)c(F)cc1[N+](=O)[O-]. The molecular weight excluding hydrogens is 254 g/mol. The van der Waals surface area contributed by atoms with Gasteiger partial charge in [-0.1, -0.05) is 0 Å². The van der Waals surface area contributed by atoms with Crippen LogP contribution in [0, 0.1) is 21.7 Å². The number of primary amides is 1. The van der Waals surface area contributed by atoms with Crippen LogP contribution in [0.3, 0.4) is 0 Å². The number of amides is 3. The van der Waals surface area contributed by atoms with Crippen molar-refractivity contribution < 1.29 is 23.3 Å². The lowest BCUT2D eigenvalue weighted by atomic mass is 10.1. The summed E-state index contributed by atoms with van der Waals surface area (Å²) in [7, 11) is 0. The van der Waals surface area contributed by atoms with Crippen molar-refractivity contribution in [3.63, 3.8) is 0 Å². The van der Waals surface area contributed by atoms with Gasteiger partial charge in [-0.2, -0.15) is 0 Å². The summed E-state index contributed by atoms with van der Waals surface area (Å²) in [6.07, 6.45) is 0. The Labute approximate surface area is 97.9 Å². The fourth-order valence-electron chi connectivity index (χ4n) is 1.05. The molecule has 3 amide bonds. The first kappa shape index (κ1) is 13.3. The van der Waals surface area contributed by atoms with Crippen molar-refractivity contribution in [2.45, 2.75) is 0 Å². The van der Waals surface area contributed by atoms with Crippen LogP contribution in [0.5, 0.6) is 0 Å². The number of carbonyl (C=O) groups is 2. The maximum Gasteiger partial charge on any atom is 0.330 e. The maximum atomic E-state index is 12.9. The van der Waals surface area contributed by atoms with E-state index in [4.69, 9.17) is 0 Å². The zero-order valence-electron chi connectivity index (χ0n) is 8.57. The maximum absolute atomic E-state index is 12.9. The van der Waals surface area contributed by atoms with Crippen LogP contribution in [0.1, 0.15) is 10.4 Å². The van der Waals surface area contributed by atoms with Crippen molar-refractivity contribution in [3.05, 3.63) is 39.4 Å². The molecular formula is C8H6F2N4O4. The molecule has 0 aliphatic carbocycles. The number of nitrogens with one attached hydrogen (secondary N) is 2. The molecule has 0 aliphatic rings.